The van der Waals surface area contributed by atoms with Crippen LogP contribution >= 0.6 is 0 Å². The highest BCUT2D eigenvalue weighted by atomic mass is 16.5. The van der Waals surface area contributed by atoms with Crippen molar-refractivity contribution in [2.45, 2.75) is 19.5 Å². The first-order valence-electron chi connectivity index (χ1n) is 5.83. The maximum atomic E-state index is 10.9. The molecule has 0 aliphatic heterocycles. The minimum absolute atomic E-state index is 0.0666. The zero-order chi connectivity index (χ0) is 12.5. The molecule has 0 saturated heterocycles. The second-order valence-electron chi connectivity index (χ2n) is 4.04. The Bertz CT molecular complexity index is 345. The number of pyridine rings is 1. The second kappa shape index (κ2) is 8.00. The highest BCUT2D eigenvalue weighted by Gasteiger charge is 2.00. The Morgan fingerprint density at radius 1 is 1.47 bits per heavy atom. The van der Waals surface area contributed by atoms with Crippen LogP contribution in [-0.2, 0) is 11.3 Å². The lowest BCUT2D eigenvalue weighted by atomic mass is 10.2. The summed E-state index contributed by atoms with van der Waals surface area (Å²) in [5.41, 5.74) is 1.01. The lowest BCUT2D eigenvalue weighted by Crippen LogP contribution is -2.37. The Hall–Kier alpha value is -1.17. The molecule has 5 heteroatoms. The number of ether oxygens (including phenoxy) is 1. The van der Waals surface area contributed by atoms with E-state index in [1.165, 1.54) is 0 Å². The zero-order valence-corrected chi connectivity index (χ0v) is 10.5. The monoisotopic (exact) mass is 239 g/mol. The highest BCUT2D eigenvalue weighted by Crippen LogP contribution is 1.93. The average Bonchev–Trinajstić information content (AvgIpc) is 2.34. The largest absolute Gasteiger partial charge is 0.383 e. The fraction of sp³-hybridized carbons (Fsp3) is 0.583. The van der Waals surface area contributed by atoms with Crippen LogP contribution in [0.15, 0.2) is 23.1 Å². The number of hydrogen-bond acceptors (Lipinski definition) is 4. The molecule has 0 bridgehead atoms. The average molecular weight is 239 g/mol. The van der Waals surface area contributed by atoms with Gasteiger partial charge in [-0.1, -0.05) is 6.07 Å². The van der Waals surface area contributed by atoms with E-state index < -0.39 is 0 Å². The van der Waals surface area contributed by atoms with Crippen molar-refractivity contribution in [2.75, 3.05) is 26.8 Å². The molecule has 0 aliphatic carbocycles. The summed E-state index contributed by atoms with van der Waals surface area (Å²) in [5.74, 6) is 0. The van der Waals surface area contributed by atoms with E-state index in [-0.39, 0.29) is 5.56 Å². The van der Waals surface area contributed by atoms with Gasteiger partial charge >= 0.3 is 0 Å². The molecule has 1 rings (SSSR count). The summed E-state index contributed by atoms with van der Waals surface area (Å²) < 4.78 is 4.95. The number of rotatable bonds is 8. The number of aromatic amines is 1. The van der Waals surface area contributed by atoms with Crippen molar-refractivity contribution in [3.63, 3.8) is 0 Å². The Morgan fingerprint density at radius 2 is 2.29 bits per heavy atom. The molecule has 0 aliphatic rings. The van der Waals surface area contributed by atoms with Gasteiger partial charge in [-0.3, -0.25) is 4.79 Å². The molecule has 1 unspecified atom stereocenters. The predicted octanol–water partition coefficient (Wildman–Crippen LogP) is 0.0890. The van der Waals surface area contributed by atoms with E-state index >= 15 is 0 Å². The molecule has 0 spiro atoms. The topological polar surface area (TPSA) is 66.2 Å². The van der Waals surface area contributed by atoms with Crippen LogP contribution in [-0.4, -0.2) is 37.8 Å². The van der Waals surface area contributed by atoms with Crippen LogP contribution in [0.4, 0.5) is 0 Å². The van der Waals surface area contributed by atoms with Gasteiger partial charge in [-0.15, -0.1) is 0 Å². The van der Waals surface area contributed by atoms with Gasteiger partial charge < -0.3 is 20.4 Å². The molecular formula is C12H21N3O2. The van der Waals surface area contributed by atoms with Crippen molar-refractivity contribution >= 4 is 0 Å². The molecule has 3 N–H and O–H groups in total. The van der Waals surface area contributed by atoms with Gasteiger partial charge in [0.1, 0.15) is 0 Å². The molecule has 1 aromatic rings. The van der Waals surface area contributed by atoms with E-state index in [9.17, 15) is 4.79 Å². The van der Waals surface area contributed by atoms with Gasteiger partial charge in [0.25, 0.3) is 0 Å². The molecule has 1 aromatic heterocycles. The molecule has 0 amide bonds. The third-order valence-corrected chi connectivity index (χ3v) is 2.44. The van der Waals surface area contributed by atoms with Gasteiger partial charge in [0.2, 0.25) is 5.56 Å². The second-order valence-corrected chi connectivity index (χ2v) is 4.04. The van der Waals surface area contributed by atoms with Gasteiger partial charge in [0.15, 0.2) is 0 Å². The maximum absolute atomic E-state index is 10.9. The van der Waals surface area contributed by atoms with Gasteiger partial charge in [0, 0.05) is 45.0 Å². The quantitative estimate of drug-likeness (QED) is 0.562. The first-order chi connectivity index (χ1) is 8.22. The first-order valence-corrected chi connectivity index (χ1v) is 5.83. The summed E-state index contributed by atoms with van der Waals surface area (Å²) in [6.07, 6.45) is 1.74. The smallest absolute Gasteiger partial charge is 0.247 e. The molecule has 0 aromatic carbocycles. The van der Waals surface area contributed by atoms with Gasteiger partial charge in [-0.25, -0.2) is 0 Å². The summed E-state index contributed by atoms with van der Waals surface area (Å²) in [6.45, 7) is 5.36. The Morgan fingerprint density at radius 3 is 2.94 bits per heavy atom. The Labute approximate surface area is 102 Å². The minimum atomic E-state index is -0.0666. The van der Waals surface area contributed by atoms with E-state index in [0.717, 1.165) is 31.8 Å². The van der Waals surface area contributed by atoms with Crippen LogP contribution < -0.4 is 16.2 Å². The fourth-order valence-corrected chi connectivity index (χ4v) is 1.41. The van der Waals surface area contributed by atoms with E-state index in [4.69, 9.17) is 4.74 Å². The van der Waals surface area contributed by atoms with Crippen LogP contribution in [0.25, 0.3) is 0 Å². The zero-order valence-electron chi connectivity index (χ0n) is 10.5. The molecule has 5 nitrogen and oxygen atoms in total. The van der Waals surface area contributed by atoms with Gasteiger partial charge in [-0.2, -0.15) is 0 Å². The van der Waals surface area contributed by atoms with Crippen molar-refractivity contribution in [3.05, 3.63) is 34.2 Å². The first kappa shape index (κ1) is 13.9. The lowest BCUT2D eigenvalue weighted by Gasteiger charge is -2.14. The summed E-state index contributed by atoms with van der Waals surface area (Å²) in [5, 5.41) is 6.66. The van der Waals surface area contributed by atoms with Crippen LogP contribution in [0.3, 0.4) is 0 Å². The van der Waals surface area contributed by atoms with E-state index in [2.05, 4.69) is 22.5 Å². The summed E-state index contributed by atoms with van der Waals surface area (Å²) >= 11 is 0. The molecule has 0 fully saturated rings. The lowest BCUT2D eigenvalue weighted by molar-refractivity contribution is 0.198. The van der Waals surface area contributed by atoms with Crippen molar-refractivity contribution in [3.8, 4) is 0 Å². The predicted molar refractivity (Wildman–Crippen MR) is 68.1 cm³/mol. The van der Waals surface area contributed by atoms with Crippen molar-refractivity contribution in [2.24, 2.45) is 0 Å². The molecule has 17 heavy (non-hydrogen) atoms. The van der Waals surface area contributed by atoms with Crippen molar-refractivity contribution < 1.29 is 4.74 Å². The fourth-order valence-electron chi connectivity index (χ4n) is 1.41. The van der Waals surface area contributed by atoms with Crippen LogP contribution in [0, 0.1) is 0 Å². The standard InChI is InChI=1S/C12H21N3O2/c1-10(7-13-5-6-17-2)14-8-11-3-4-12(16)15-9-11/h3-4,9-10,13-14H,5-8H2,1-2H3,(H,15,16). The van der Waals surface area contributed by atoms with Gasteiger partial charge in [-0.05, 0) is 12.5 Å². The molecule has 1 heterocycles. The highest BCUT2D eigenvalue weighted by molar-refractivity contribution is 5.08. The summed E-state index contributed by atoms with van der Waals surface area (Å²) in [4.78, 5) is 13.5. The van der Waals surface area contributed by atoms with Gasteiger partial charge in [0.05, 0.1) is 6.61 Å². The van der Waals surface area contributed by atoms with Crippen LogP contribution in [0.1, 0.15) is 12.5 Å². The number of aromatic nitrogens is 1. The number of methoxy groups -OCH3 is 1. The number of H-pyrrole nitrogens is 1. The summed E-state index contributed by atoms with van der Waals surface area (Å²) in [6, 6.07) is 3.74. The third-order valence-electron chi connectivity index (χ3n) is 2.44. The SMILES string of the molecule is COCCNCC(C)NCc1ccc(=O)[nH]c1. The molecule has 0 saturated carbocycles. The van der Waals surface area contributed by atoms with Crippen molar-refractivity contribution in [1.29, 1.82) is 0 Å². The molecular weight excluding hydrogens is 218 g/mol. The number of nitrogens with one attached hydrogen (secondary N) is 3. The minimum Gasteiger partial charge on any atom is -0.383 e. The Kier molecular flexibility index (Phi) is 6.54. The third kappa shape index (κ3) is 6.21. The number of hydrogen-bond donors (Lipinski definition) is 3. The molecule has 1 atom stereocenters. The van der Waals surface area contributed by atoms with E-state index in [1.807, 2.05) is 6.07 Å². The summed E-state index contributed by atoms with van der Waals surface area (Å²) in [7, 11) is 1.69. The van der Waals surface area contributed by atoms with Crippen molar-refractivity contribution in [1.82, 2.24) is 15.6 Å². The van der Waals surface area contributed by atoms with Crippen LogP contribution in [0.2, 0.25) is 0 Å². The maximum Gasteiger partial charge on any atom is 0.247 e. The van der Waals surface area contributed by atoms with E-state index in [0.29, 0.717) is 6.04 Å². The van der Waals surface area contributed by atoms with E-state index in [1.54, 1.807) is 19.4 Å². The molecule has 96 valence electrons. The molecule has 0 radical (unpaired) electrons. The Balaban J connectivity index is 2.16. The normalized spacial score (nSPS) is 12.6. The van der Waals surface area contributed by atoms with Crippen LogP contribution in [0.5, 0.6) is 0 Å².